The van der Waals surface area contributed by atoms with Crippen LogP contribution in [0.1, 0.15) is 57.5 Å². The van der Waals surface area contributed by atoms with Gasteiger partial charge in [0.05, 0.1) is 19.3 Å². The molecule has 32 heavy (non-hydrogen) atoms. The first-order valence-electron chi connectivity index (χ1n) is 11.0. The molecule has 1 aromatic carbocycles. The third-order valence-electron chi connectivity index (χ3n) is 4.74. The number of aryl methyl sites for hydroxylation is 1. The maximum atomic E-state index is 12.5. The van der Waals surface area contributed by atoms with Gasteiger partial charge < -0.3 is 19.3 Å². The maximum absolute atomic E-state index is 12.5. The summed E-state index contributed by atoms with van der Waals surface area (Å²) in [6.45, 7) is 7.30. The highest BCUT2D eigenvalue weighted by Gasteiger charge is 2.15. The predicted octanol–water partition coefficient (Wildman–Crippen LogP) is 4.52. The summed E-state index contributed by atoms with van der Waals surface area (Å²) in [6, 6.07) is 9.22. The summed E-state index contributed by atoms with van der Waals surface area (Å²) in [6.07, 6.45) is 5.78. The maximum Gasteiger partial charge on any atom is 0.227 e. The van der Waals surface area contributed by atoms with E-state index in [-0.39, 0.29) is 18.4 Å². The molecule has 1 atom stereocenters. The lowest BCUT2D eigenvalue weighted by molar-refractivity contribution is -0.121. The first kappa shape index (κ1) is 23.2. The van der Waals surface area contributed by atoms with E-state index >= 15 is 0 Å². The van der Waals surface area contributed by atoms with Crippen molar-refractivity contribution in [2.45, 2.75) is 52.5 Å². The number of pyridine rings is 1. The second-order valence-electron chi connectivity index (χ2n) is 7.44. The molecule has 3 aromatic rings. The van der Waals surface area contributed by atoms with Crippen LogP contribution in [0.15, 0.2) is 47.2 Å². The van der Waals surface area contributed by atoms with Crippen LogP contribution < -0.4 is 14.8 Å². The highest BCUT2D eigenvalue weighted by Crippen LogP contribution is 2.31. The van der Waals surface area contributed by atoms with Crippen molar-refractivity contribution in [1.29, 1.82) is 0 Å². The van der Waals surface area contributed by atoms with Gasteiger partial charge in [-0.3, -0.25) is 9.78 Å². The number of rotatable bonds is 12. The first-order valence-corrected chi connectivity index (χ1v) is 11.0. The molecule has 0 bridgehead atoms. The molecular weight excluding hydrogens is 408 g/mol. The minimum absolute atomic E-state index is 0.0940. The van der Waals surface area contributed by atoms with Crippen molar-refractivity contribution in [3.05, 3.63) is 54.2 Å². The first-order chi connectivity index (χ1) is 15.6. The quantitative estimate of drug-likeness (QED) is 0.444. The number of carbonyl (C=O) groups is 1. The molecule has 0 fully saturated rings. The zero-order valence-corrected chi connectivity index (χ0v) is 18.8. The molecule has 3 rings (SSSR count). The number of amides is 1. The number of carbonyl (C=O) groups excluding carboxylic acids is 1. The molecule has 0 aliphatic heterocycles. The molecule has 0 saturated carbocycles. The Kier molecular flexibility index (Phi) is 8.60. The largest absolute Gasteiger partial charge is 0.490 e. The van der Waals surface area contributed by atoms with Crippen molar-refractivity contribution in [2.75, 3.05) is 13.2 Å². The Balaban J connectivity index is 1.56. The molecule has 1 amide bonds. The average Bonchev–Trinajstić information content (AvgIpc) is 3.30. The Bertz CT molecular complexity index is 991. The summed E-state index contributed by atoms with van der Waals surface area (Å²) in [7, 11) is 0. The molecule has 170 valence electrons. The van der Waals surface area contributed by atoms with E-state index in [9.17, 15) is 4.79 Å². The van der Waals surface area contributed by atoms with E-state index in [0.717, 1.165) is 29.7 Å². The standard InChI is InChI=1S/C24H30N4O4/c1-4-14-30-20-7-6-19(16-21(20)31-15-5-2)17(3)26-22(29)8-9-23-27-24(28-32-23)18-10-12-25-13-11-18/h6-7,10-13,16-17H,4-5,8-9,14-15H2,1-3H3,(H,26,29). The normalized spacial score (nSPS) is 11.7. The van der Waals surface area contributed by atoms with Crippen LogP contribution in [-0.4, -0.2) is 34.2 Å². The number of nitrogens with zero attached hydrogens (tertiary/aromatic N) is 3. The van der Waals surface area contributed by atoms with Gasteiger partial charge in [0.2, 0.25) is 17.6 Å². The van der Waals surface area contributed by atoms with Crippen LogP contribution >= 0.6 is 0 Å². The molecule has 2 heterocycles. The highest BCUT2D eigenvalue weighted by molar-refractivity contribution is 5.76. The number of aromatic nitrogens is 3. The van der Waals surface area contributed by atoms with E-state index in [1.807, 2.05) is 25.1 Å². The van der Waals surface area contributed by atoms with Gasteiger partial charge in [0.1, 0.15) is 0 Å². The Morgan fingerprint density at radius 1 is 1.06 bits per heavy atom. The molecule has 1 unspecified atom stereocenters. The third-order valence-corrected chi connectivity index (χ3v) is 4.74. The minimum Gasteiger partial charge on any atom is -0.490 e. The molecule has 1 N–H and O–H groups in total. The molecule has 8 heteroatoms. The van der Waals surface area contributed by atoms with Gasteiger partial charge in [-0.05, 0) is 49.6 Å². The predicted molar refractivity (Wildman–Crippen MR) is 120 cm³/mol. The Morgan fingerprint density at radius 3 is 2.50 bits per heavy atom. The van der Waals surface area contributed by atoms with Gasteiger partial charge in [0.25, 0.3) is 0 Å². The zero-order valence-electron chi connectivity index (χ0n) is 18.8. The van der Waals surface area contributed by atoms with E-state index in [4.69, 9.17) is 14.0 Å². The molecular formula is C24H30N4O4. The van der Waals surface area contributed by atoms with Crippen molar-refractivity contribution in [2.24, 2.45) is 0 Å². The lowest BCUT2D eigenvalue weighted by atomic mass is 10.1. The van der Waals surface area contributed by atoms with Crippen molar-refractivity contribution in [3.8, 4) is 22.9 Å². The number of hydrogen-bond acceptors (Lipinski definition) is 7. The number of nitrogens with one attached hydrogen (secondary N) is 1. The second-order valence-corrected chi connectivity index (χ2v) is 7.44. The lowest BCUT2D eigenvalue weighted by Gasteiger charge is -2.18. The Hall–Kier alpha value is -3.42. The fourth-order valence-electron chi connectivity index (χ4n) is 3.04. The molecule has 0 radical (unpaired) electrons. The Morgan fingerprint density at radius 2 is 1.78 bits per heavy atom. The molecule has 0 saturated heterocycles. The molecule has 0 spiro atoms. The van der Waals surface area contributed by atoms with Crippen LogP contribution in [-0.2, 0) is 11.2 Å². The van der Waals surface area contributed by atoms with Crippen LogP contribution in [0, 0.1) is 0 Å². The lowest BCUT2D eigenvalue weighted by Crippen LogP contribution is -2.26. The smallest absolute Gasteiger partial charge is 0.227 e. The van der Waals surface area contributed by atoms with Gasteiger partial charge in [-0.2, -0.15) is 4.98 Å². The number of ether oxygens (including phenoxy) is 2. The summed E-state index contributed by atoms with van der Waals surface area (Å²) in [5.41, 5.74) is 1.77. The summed E-state index contributed by atoms with van der Waals surface area (Å²) in [4.78, 5) is 20.8. The van der Waals surface area contributed by atoms with Gasteiger partial charge in [-0.15, -0.1) is 0 Å². The van der Waals surface area contributed by atoms with Crippen LogP contribution in [0.4, 0.5) is 0 Å². The summed E-state index contributed by atoms with van der Waals surface area (Å²) in [5.74, 6) is 2.24. The van der Waals surface area contributed by atoms with Crippen molar-refractivity contribution in [3.63, 3.8) is 0 Å². The second kappa shape index (κ2) is 11.8. The van der Waals surface area contributed by atoms with Gasteiger partial charge >= 0.3 is 0 Å². The molecule has 0 aliphatic rings. The van der Waals surface area contributed by atoms with Gasteiger partial charge in [0, 0.05) is 30.8 Å². The van der Waals surface area contributed by atoms with Crippen LogP contribution in [0.25, 0.3) is 11.4 Å². The van der Waals surface area contributed by atoms with Gasteiger partial charge in [0.15, 0.2) is 11.5 Å². The van der Waals surface area contributed by atoms with E-state index < -0.39 is 0 Å². The molecule has 0 aliphatic carbocycles. The summed E-state index contributed by atoms with van der Waals surface area (Å²) >= 11 is 0. The summed E-state index contributed by atoms with van der Waals surface area (Å²) < 4.78 is 16.9. The zero-order chi connectivity index (χ0) is 22.8. The van der Waals surface area contributed by atoms with Crippen LogP contribution in [0.5, 0.6) is 11.5 Å². The van der Waals surface area contributed by atoms with E-state index in [1.165, 1.54) is 0 Å². The molecule has 2 aromatic heterocycles. The monoisotopic (exact) mass is 438 g/mol. The fraction of sp³-hybridized carbons (Fsp3) is 0.417. The van der Waals surface area contributed by atoms with Crippen molar-refractivity contribution < 1.29 is 18.8 Å². The van der Waals surface area contributed by atoms with E-state index in [1.54, 1.807) is 24.5 Å². The number of benzene rings is 1. The molecule has 8 nitrogen and oxygen atoms in total. The highest BCUT2D eigenvalue weighted by atomic mass is 16.5. The number of hydrogen-bond donors (Lipinski definition) is 1. The van der Waals surface area contributed by atoms with Crippen LogP contribution in [0.3, 0.4) is 0 Å². The van der Waals surface area contributed by atoms with Crippen molar-refractivity contribution >= 4 is 5.91 Å². The van der Waals surface area contributed by atoms with Crippen LogP contribution in [0.2, 0.25) is 0 Å². The minimum atomic E-state index is -0.179. The summed E-state index contributed by atoms with van der Waals surface area (Å²) in [5, 5.41) is 6.98. The fourth-order valence-corrected chi connectivity index (χ4v) is 3.04. The van der Waals surface area contributed by atoms with Crippen molar-refractivity contribution in [1.82, 2.24) is 20.4 Å². The van der Waals surface area contributed by atoms with E-state index in [2.05, 4.69) is 34.3 Å². The van der Waals surface area contributed by atoms with Gasteiger partial charge in [-0.1, -0.05) is 25.1 Å². The third kappa shape index (κ3) is 6.54. The van der Waals surface area contributed by atoms with Gasteiger partial charge in [-0.25, -0.2) is 0 Å². The Labute approximate surface area is 188 Å². The van der Waals surface area contributed by atoms with E-state index in [0.29, 0.717) is 37.1 Å². The SMILES string of the molecule is CCCOc1ccc(C(C)NC(=O)CCc2nc(-c3ccncc3)no2)cc1OCCC. The topological polar surface area (TPSA) is 99.4 Å². The average molecular weight is 439 g/mol.